The summed E-state index contributed by atoms with van der Waals surface area (Å²) >= 11 is 0. The van der Waals surface area contributed by atoms with Gasteiger partial charge in [-0.15, -0.1) is 12.4 Å². The van der Waals surface area contributed by atoms with Gasteiger partial charge in [0.1, 0.15) is 0 Å². The summed E-state index contributed by atoms with van der Waals surface area (Å²) in [6, 6.07) is 0.0855. The van der Waals surface area contributed by atoms with E-state index in [9.17, 15) is 4.79 Å². The van der Waals surface area contributed by atoms with E-state index in [1.54, 1.807) is 0 Å². The fourth-order valence-corrected chi connectivity index (χ4v) is 4.06. The molecule has 3 fully saturated rings. The van der Waals surface area contributed by atoms with E-state index in [2.05, 4.69) is 10.6 Å². The SMILES string of the molecule is Cl.O=C(NCC1CC2CCC1C2)[C@@H]1CCCCN1. The quantitative estimate of drug-likeness (QED) is 0.826. The number of hydrogen-bond acceptors (Lipinski definition) is 2. The Kier molecular flexibility index (Phi) is 4.91. The largest absolute Gasteiger partial charge is 0.354 e. The van der Waals surface area contributed by atoms with E-state index in [0.29, 0.717) is 0 Å². The monoisotopic (exact) mass is 272 g/mol. The van der Waals surface area contributed by atoms with E-state index < -0.39 is 0 Å². The number of carbonyl (C=O) groups excluding carboxylic acids is 1. The lowest BCUT2D eigenvalue weighted by molar-refractivity contribution is -0.123. The highest BCUT2D eigenvalue weighted by molar-refractivity contribution is 5.85. The van der Waals surface area contributed by atoms with Gasteiger partial charge >= 0.3 is 0 Å². The first-order chi connectivity index (χ1) is 8.33. The minimum absolute atomic E-state index is 0. The van der Waals surface area contributed by atoms with Gasteiger partial charge in [-0.05, 0) is 56.4 Å². The van der Waals surface area contributed by atoms with Gasteiger partial charge in [-0.3, -0.25) is 4.79 Å². The summed E-state index contributed by atoms with van der Waals surface area (Å²) < 4.78 is 0. The summed E-state index contributed by atoms with van der Waals surface area (Å²) in [5.41, 5.74) is 0. The molecule has 3 nitrogen and oxygen atoms in total. The number of rotatable bonds is 3. The minimum Gasteiger partial charge on any atom is -0.354 e. The first-order valence-electron chi connectivity index (χ1n) is 7.34. The molecule has 0 radical (unpaired) electrons. The molecule has 3 aliphatic rings. The summed E-state index contributed by atoms with van der Waals surface area (Å²) in [5, 5.41) is 6.49. The highest BCUT2D eigenvalue weighted by atomic mass is 35.5. The van der Waals surface area contributed by atoms with Gasteiger partial charge in [0.15, 0.2) is 0 Å². The minimum atomic E-state index is 0. The van der Waals surface area contributed by atoms with E-state index in [1.807, 2.05) is 0 Å². The average Bonchev–Trinajstić information content (AvgIpc) is 2.99. The van der Waals surface area contributed by atoms with Crippen LogP contribution in [0.1, 0.15) is 44.9 Å². The van der Waals surface area contributed by atoms with Gasteiger partial charge in [0.25, 0.3) is 0 Å². The predicted octanol–water partition coefficient (Wildman–Crippen LogP) is 2.10. The lowest BCUT2D eigenvalue weighted by Gasteiger charge is -2.25. The molecule has 1 amide bonds. The Hall–Kier alpha value is -0.280. The van der Waals surface area contributed by atoms with Crippen LogP contribution in [0, 0.1) is 17.8 Å². The van der Waals surface area contributed by atoms with Crippen molar-refractivity contribution in [3.63, 3.8) is 0 Å². The number of nitrogens with one attached hydrogen (secondary N) is 2. The maximum absolute atomic E-state index is 12.0. The van der Waals surface area contributed by atoms with Crippen molar-refractivity contribution in [1.29, 1.82) is 0 Å². The molecule has 3 rings (SSSR count). The molecular formula is C14H25ClN2O. The number of piperidine rings is 1. The van der Waals surface area contributed by atoms with Crippen LogP contribution in [0.2, 0.25) is 0 Å². The highest BCUT2D eigenvalue weighted by Gasteiger charge is 2.39. The molecule has 1 saturated heterocycles. The summed E-state index contributed by atoms with van der Waals surface area (Å²) in [5.74, 6) is 2.92. The van der Waals surface area contributed by atoms with Crippen LogP contribution in [0.3, 0.4) is 0 Å². The molecule has 0 aromatic carbocycles. The molecule has 1 heterocycles. The molecule has 4 heteroatoms. The standard InChI is InChI=1S/C14H24N2O.ClH/c17-14(13-3-1-2-6-15-13)16-9-12-8-10-4-5-11(12)7-10;/h10-13,15H,1-9H2,(H,16,17);1H/t10?,11?,12?,13-;/m0./s1. The average molecular weight is 273 g/mol. The Balaban J connectivity index is 0.00000120. The maximum atomic E-state index is 12.0. The summed E-state index contributed by atoms with van der Waals surface area (Å²) in [4.78, 5) is 12.0. The molecule has 104 valence electrons. The Bertz CT molecular complexity index is 292. The van der Waals surface area contributed by atoms with Gasteiger partial charge < -0.3 is 10.6 Å². The van der Waals surface area contributed by atoms with Gasteiger partial charge in [-0.1, -0.05) is 12.8 Å². The topological polar surface area (TPSA) is 41.1 Å². The van der Waals surface area contributed by atoms with E-state index in [0.717, 1.165) is 37.3 Å². The van der Waals surface area contributed by atoms with Crippen molar-refractivity contribution in [2.45, 2.75) is 51.0 Å². The Morgan fingerprint density at radius 1 is 1.17 bits per heavy atom. The fraction of sp³-hybridized carbons (Fsp3) is 0.929. The molecule has 0 spiro atoms. The van der Waals surface area contributed by atoms with Crippen LogP contribution < -0.4 is 10.6 Å². The maximum Gasteiger partial charge on any atom is 0.237 e. The molecular weight excluding hydrogens is 248 g/mol. The molecule has 0 aromatic heterocycles. The third kappa shape index (κ3) is 3.00. The van der Waals surface area contributed by atoms with Crippen molar-refractivity contribution in [3.05, 3.63) is 0 Å². The molecule has 2 saturated carbocycles. The van der Waals surface area contributed by atoms with Crippen molar-refractivity contribution in [1.82, 2.24) is 10.6 Å². The predicted molar refractivity (Wildman–Crippen MR) is 74.8 cm³/mol. The molecule has 2 bridgehead atoms. The zero-order chi connectivity index (χ0) is 11.7. The lowest BCUT2D eigenvalue weighted by Crippen LogP contribution is -2.47. The molecule has 0 aromatic rings. The van der Waals surface area contributed by atoms with Gasteiger partial charge in [0.2, 0.25) is 5.91 Å². The second-order valence-electron chi connectivity index (χ2n) is 6.18. The second-order valence-corrected chi connectivity index (χ2v) is 6.18. The zero-order valence-electron chi connectivity index (χ0n) is 11.0. The van der Waals surface area contributed by atoms with E-state index >= 15 is 0 Å². The molecule has 1 aliphatic heterocycles. The van der Waals surface area contributed by atoms with Gasteiger partial charge in [-0.2, -0.15) is 0 Å². The number of fused-ring (bicyclic) bond motifs is 2. The first kappa shape index (κ1) is 14.1. The van der Waals surface area contributed by atoms with Crippen LogP contribution in [-0.4, -0.2) is 25.0 Å². The third-order valence-electron chi connectivity index (χ3n) is 5.05. The van der Waals surface area contributed by atoms with Gasteiger partial charge in [0.05, 0.1) is 6.04 Å². The summed E-state index contributed by atoms with van der Waals surface area (Å²) in [6.07, 6.45) is 9.08. The van der Waals surface area contributed by atoms with Crippen molar-refractivity contribution >= 4 is 18.3 Å². The number of amides is 1. The number of hydrogen-bond donors (Lipinski definition) is 2. The van der Waals surface area contributed by atoms with E-state index in [-0.39, 0.29) is 24.4 Å². The normalized spacial score (nSPS) is 38.2. The fourth-order valence-electron chi connectivity index (χ4n) is 4.06. The third-order valence-corrected chi connectivity index (χ3v) is 5.05. The Morgan fingerprint density at radius 3 is 2.67 bits per heavy atom. The summed E-state index contributed by atoms with van der Waals surface area (Å²) in [6.45, 7) is 1.93. The van der Waals surface area contributed by atoms with Crippen molar-refractivity contribution < 1.29 is 4.79 Å². The number of halogens is 1. The highest BCUT2D eigenvalue weighted by Crippen LogP contribution is 2.47. The Labute approximate surface area is 116 Å². The smallest absolute Gasteiger partial charge is 0.237 e. The summed E-state index contributed by atoms with van der Waals surface area (Å²) in [7, 11) is 0. The van der Waals surface area contributed by atoms with Crippen LogP contribution in [-0.2, 0) is 4.79 Å². The van der Waals surface area contributed by atoms with Gasteiger partial charge in [0, 0.05) is 6.54 Å². The van der Waals surface area contributed by atoms with E-state index in [1.165, 1.54) is 38.5 Å². The molecule has 3 unspecified atom stereocenters. The van der Waals surface area contributed by atoms with Crippen LogP contribution in [0.5, 0.6) is 0 Å². The van der Waals surface area contributed by atoms with Crippen molar-refractivity contribution in [2.24, 2.45) is 17.8 Å². The lowest BCUT2D eigenvalue weighted by atomic mass is 9.89. The molecule has 2 N–H and O–H groups in total. The van der Waals surface area contributed by atoms with Crippen LogP contribution in [0.25, 0.3) is 0 Å². The van der Waals surface area contributed by atoms with E-state index in [4.69, 9.17) is 0 Å². The van der Waals surface area contributed by atoms with Gasteiger partial charge in [-0.25, -0.2) is 0 Å². The second kappa shape index (κ2) is 6.25. The first-order valence-corrected chi connectivity index (χ1v) is 7.34. The van der Waals surface area contributed by atoms with Crippen molar-refractivity contribution in [3.8, 4) is 0 Å². The molecule has 2 aliphatic carbocycles. The van der Waals surface area contributed by atoms with Crippen LogP contribution >= 0.6 is 12.4 Å². The van der Waals surface area contributed by atoms with Crippen LogP contribution in [0.15, 0.2) is 0 Å². The molecule has 18 heavy (non-hydrogen) atoms. The number of carbonyl (C=O) groups is 1. The van der Waals surface area contributed by atoms with Crippen molar-refractivity contribution in [2.75, 3.05) is 13.1 Å². The van der Waals surface area contributed by atoms with Crippen LogP contribution in [0.4, 0.5) is 0 Å². The molecule has 4 atom stereocenters. The zero-order valence-corrected chi connectivity index (χ0v) is 11.8. The Morgan fingerprint density at radius 2 is 2.06 bits per heavy atom.